The number of nitrogens with zero attached hydrogens (tertiary/aromatic N) is 2. The summed E-state index contributed by atoms with van der Waals surface area (Å²) in [6.45, 7) is 6.33. The average Bonchev–Trinajstić information content (AvgIpc) is 3.23. The van der Waals surface area contributed by atoms with Crippen molar-refractivity contribution in [3.8, 4) is 5.75 Å². The zero-order valence-electron chi connectivity index (χ0n) is 14.7. The van der Waals surface area contributed by atoms with E-state index in [-0.39, 0.29) is 0 Å². The van der Waals surface area contributed by atoms with Crippen molar-refractivity contribution < 1.29 is 9.47 Å². The van der Waals surface area contributed by atoms with Crippen LogP contribution in [0.25, 0.3) is 0 Å². The normalized spacial score (nSPS) is 17.8. The minimum Gasteiger partial charge on any atom is -0.487 e. The molecule has 0 aromatic heterocycles. The van der Waals surface area contributed by atoms with Crippen LogP contribution < -0.4 is 14.5 Å². The first-order chi connectivity index (χ1) is 12.4. The highest BCUT2D eigenvalue weighted by molar-refractivity contribution is 5.67. The summed E-state index contributed by atoms with van der Waals surface area (Å²) in [5.74, 6) is 0.966. The lowest BCUT2D eigenvalue weighted by Crippen LogP contribution is -2.36. The molecule has 25 heavy (non-hydrogen) atoms. The van der Waals surface area contributed by atoms with Crippen molar-refractivity contribution in [3.63, 3.8) is 0 Å². The Morgan fingerprint density at radius 1 is 0.840 bits per heavy atom. The van der Waals surface area contributed by atoms with Crippen LogP contribution in [0.5, 0.6) is 5.75 Å². The van der Waals surface area contributed by atoms with Gasteiger partial charge in [-0.05, 0) is 36.6 Å². The summed E-state index contributed by atoms with van der Waals surface area (Å²) >= 11 is 0. The van der Waals surface area contributed by atoms with Crippen molar-refractivity contribution in [1.29, 1.82) is 0 Å². The van der Waals surface area contributed by atoms with E-state index < -0.39 is 0 Å². The molecule has 4 nitrogen and oxygen atoms in total. The summed E-state index contributed by atoms with van der Waals surface area (Å²) in [7, 11) is 0. The van der Waals surface area contributed by atoms with Gasteiger partial charge < -0.3 is 19.3 Å². The summed E-state index contributed by atoms with van der Waals surface area (Å²) < 4.78 is 11.7. The third kappa shape index (κ3) is 3.90. The molecule has 0 aliphatic carbocycles. The van der Waals surface area contributed by atoms with Gasteiger partial charge in [0.2, 0.25) is 0 Å². The molecule has 2 saturated heterocycles. The Balaban J connectivity index is 1.57. The Kier molecular flexibility index (Phi) is 5.07. The fourth-order valence-electron chi connectivity index (χ4n) is 3.59. The molecular weight excluding hydrogens is 312 g/mol. The molecule has 0 N–H and O–H groups in total. The first kappa shape index (κ1) is 16.3. The molecule has 0 unspecified atom stereocenters. The topological polar surface area (TPSA) is 24.9 Å². The summed E-state index contributed by atoms with van der Waals surface area (Å²) in [4.78, 5) is 4.87. The zero-order valence-corrected chi connectivity index (χ0v) is 14.7. The highest BCUT2D eigenvalue weighted by Gasteiger charge is 2.19. The van der Waals surface area contributed by atoms with Gasteiger partial charge in [-0.25, -0.2) is 0 Å². The van der Waals surface area contributed by atoms with Crippen LogP contribution in [0.4, 0.5) is 11.4 Å². The fraction of sp³-hybridized carbons (Fsp3) is 0.429. The van der Waals surface area contributed by atoms with Crippen molar-refractivity contribution in [1.82, 2.24) is 0 Å². The van der Waals surface area contributed by atoms with Crippen LogP contribution in [0.3, 0.4) is 0 Å². The first-order valence-corrected chi connectivity index (χ1v) is 9.28. The molecule has 0 spiro atoms. The molecule has 0 atom stereocenters. The Hall–Kier alpha value is -2.20. The maximum absolute atomic E-state index is 6.19. The van der Waals surface area contributed by atoms with E-state index in [1.54, 1.807) is 0 Å². The van der Waals surface area contributed by atoms with E-state index in [4.69, 9.17) is 9.47 Å². The van der Waals surface area contributed by atoms with Gasteiger partial charge in [-0.1, -0.05) is 30.3 Å². The van der Waals surface area contributed by atoms with Crippen molar-refractivity contribution in [2.24, 2.45) is 0 Å². The predicted octanol–water partition coefficient (Wildman–Crippen LogP) is 3.70. The average molecular weight is 338 g/mol. The van der Waals surface area contributed by atoms with Crippen LogP contribution in [0.2, 0.25) is 0 Å². The molecule has 0 bridgehead atoms. The Bertz CT molecular complexity index is 678. The largest absolute Gasteiger partial charge is 0.487 e. The molecule has 132 valence electrons. The van der Waals surface area contributed by atoms with Gasteiger partial charge in [-0.15, -0.1) is 0 Å². The number of hydrogen-bond acceptors (Lipinski definition) is 4. The Labute approximate surface area is 150 Å². The van der Waals surface area contributed by atoms with Crippen LogP contribution in [0, 0.1) is 0 Å². The highest BCUT2D eigenvalue weighted by atomic mass is 16.5. The molecule has 2 aromatic rings. The number of ether oxygens (including phenoxy) is 2. The minimum absolute atomic E-state index is 0.598. The van der Waals surface area contributed by atoms with Gasteiger partial charge in [0.15, 0.2) is 0 Å². The van der Waals surface area contributed by atoms with Crippen LogP contribution in [-0.4, -0.2) is 39.4 Å². The van der Waals surface area contributed by atoms with Gasteiger partial charge >= 0.3 is 0 Å². The number of rotatable bonds is 5. The molecule has 4 rings (SSSR count). The minimum atomic E-state index is 0.598. The lowest BCUT2D eigenvalue weighted by Gasteiger charge is -2.31. The van der Waals surface area contributed by atoms with Crippen molar-refractivity contribution >= 4 is 11.4 Å². The summed E-state index contributed by atoms with van der Waals surface area (Å²) in [5.41, 5.74) is 3.70. The summed E-state index contributed by atoms with van der Waals surface area (Å²) in [6.07, 6.45) is 2.58. The van der Waals surface area contributed by atoms with E-state index in [0.29, 0.717) is 6.61 Å². The molecule has 2 aromatic carbocycles. The van der Waals surface area contributed by atoms with Crippen molar-refractivity contribution in [2.75, 3.05) is 49.2 Å². The van der Waals surface area contributed by atoms with Gasteiger partial charge in [0, 0.05) is 31.9 Å². The van der Waals surface area contributed by atoms with Crippen molar-refractivity contribution in [2.45, 2.75) is 19.4 Å². The number of morpholine rings is 1. The van der Waals surface area contributed by atoms with E-state index in [0.717, 1.165) is 45.1 Å². The number of anilines is 2. The predicted molar refractivity (Wildman–Crippen MR) is 102 cm³/mol. The van der Waals surface area contributed by atoms with Crippen LogP contribution >= 0.6 is 0 Å². The lowest BCUT2D eigenvalue weighted by atomic mass is 10.2. The van der Waals surface area contributed by atoms with Gasteiger partial charge in [-0.2, -0.15) is 0 Å². The molecule has 2 aliphatic rings. The van der Waals surface area contributed by atoms with Crippen molar-refractivity contribution in [3.05, 3.63) is 54.1 Å². The second kappa shape index (κ2) is 7.79. The maximum Gasteiger partial charge on any atom is 0.143 e. The van der Waals surface area contributed by atoms with Crippen LogP contribution in [-0.2, 0) is 11.3 Å². The Morgan fingerprint density at radius 3 is 2.36 bits per heavy atom. The monoisotopic (exact) mass is 338 g/mol. The third-order valence-electron chi connectivity index (χ3n) is 5.00. The second-order valence-corrected chi connectivity index (χ2v) is 6.72. The lowest BCUT2D eigenvalue weighted by molar-refractivity contribution is 0.122. The molecule has 2 fully saturated rings. The maximum atomic E-state index is 6.19. The fourth-order valence-corrected chi connectivity index (χ4v) is 3.59. The molecule has 4 heteroatoms. The third-order valence-corrected chi connectivity index (χ3v) is 5.00. The van der Waals surface area contributed by atoms with E-state index in [1.165, 1.54) is 29.8 Å². The quantitative estimate of drug-likeness (QED) is 0.830. The van der Waals surface area contributed by atoms with Crippen LogP contribution in [0.15, 0.2) is 48.5 Å². The number of hydrogen-bond donors (Lipinski definition) is 0. The van der Waals surface area contributed by atoms with Gasteiger partial charge in [-0.3, -0.25) is 0 Å². The molecule has 0 saturated carbocycles. The smallest absolute Gasteiger partial charge is 0.143 e. The Morgan fingerprint density at radius 2 is 1.60 bits per heavy atom. The molecule has 2 heterocycles. The number of benzene rings is 2. The zero-order chi connectivity index (χ0) is 16.9. The van der Waals surface area contributed by atoms with E-state index in [9.17, 15) is 0 Å². The van der Waals surface area contributed by atoms with Gasteiger partial charge in [0.05, 0.1) is 18.9 Å². The molecule has 0 radical (unpaired) electrons. The second-order valence-electron chi connectivity index (χ2n) is 6.72. The molecule has 2 aliphatic heterocycles. The SMILES string of the molecule is c1ccc(COc2ccc(N3CCCC3)cc2N2CCOCC2)cc1. The standard InChI is InChI=1S/C21H26N2O2/c1-2-6-18(7-3-1)17-25-21-9-8-19(22-10-4-5-11-22)16-20(21)23-12-14-24-15-13-23/h1-3,6-9,16H,4-5,10-15,17H2. The molecular formula is C21H26N2O2. The highest BCUT2D eigenvalue weighted by Crippen LogP contribution is 2.35. The first-order valence-electron chi connectivity index (χ1n) is 9.28. The summed E-state index contributed by atoms with van der Waals surface area (Å²) in [5, 5.41) is 0. The van der Waals surface area contributed by atoms with Gasteiger partial charge in [0.1, 0.15) is 12.4 Å². The molecule has 0 amide bonds. The van der Waals surface area contributed by atoms with Crippen LogP contribution in [0.1, 0.15) is 18.4 Å². The van der Waals surface area contributed by atoms with E-state index >= 15 is 0 Å². The van der Waals surface area contributed by atoms with E-state index in [2.05, 4.69) is 52.3 Å². The van der Waals surface area contributed by atoms with E-state index in [1.807, 2.05) is 6.07 Å². The van der Waals surface area contributed by atoms with Gasteiger partial charge in [0.25, 0.3) is 0 Å². The summed E-state index contributed by atoms with van der Waals surface area (Å²) in [6, 6.07) is 17.0.